The van der Waals surface area contributed by atoms with Gasteiger partial charge in [-0.15, -0.1) is 0 Å². The topological polar surface area (TPSA) is 41.5 Å². The molecule has 0 saturated heterocycles. The molecule has 1 aliphatic rings. The molecular weight excluding hydrogens is 250 g/mol. The highest BCUT2D eigenvalue weighted by atomic mass is 16.5. The SMILES string of the molecule is CC(C)[C@H]1CC[C@@H](C)C[C@@H]1OC[C@@H](O)CNC(C)(C)C. The number of hydrogen-bond donors (Lipinski definition) is 2. The van der Waals surface area contributed by atoms with E-state index in [4.69, 9.17) is 4.74 Å². The van der Waals surface area contributed by atoms with Gasteiger partial charge in [0.15, 0.2) is 0 Å². The fourth-order valence-corrected chi connectivity index (χ4v) is 3.02. The van der Waals surface area contributed by atoms with Crippen LogP contribution >= 0.6 is 0 Å². The van der Waals surface area contributed by atoms with Gasteiger partial charge >= 0.3 is 0 Å². The summed E-state index contributed by atoms with van der Waals surface area (Å²) in [4.78, 5) is 0. The summed E-state index contributed by atoms with van der Waals surface area (Å²) >= 11 is 0. The number of ether oxygens (including phenoxy) is 1. The van der Waals surface area contributed by atoms with E-state index in [0.717, 1.165) is 12.3 Å². The summed E-state index contributed by atoms with van der Waals surface area (Å²) in [5.74, 6) is 2.06. The first-order chi connectivity index (χ1) is 9.19. The average Bonchev–Trinajstić information content (AvgIpc) is 2.32. The Balaban J connectivity index is 2.37. The lowest BCUT2D eigenvalue weighted by atomic mass is 9.75. The summed E-state index contributed by atoms with van der Waals surface area (Å²) in [6.45, 7) is 14.3. The highest BCUT2D eigenvalue weighted by molar-refractivity contribution is 4.82. The molecule has 1 fully saturated rings. The molecule has 0 aliphatic heterocycles. The third kappa shape index (κ3) is 6.55. The Morgan fingerprint density at radius 1 is 1.25 bits per heavy atom. The Labute approximate surface area is 125 Å². The zero-order valence-corrected chi connectivity index (χ0v) is 14.3. The number of β-amino-alcohol motifs (C(OH)–C–C–N with tert-alkyl or cyclic N) is 1. The predicted molar refractivity (Wildman–Crippen MR) is 84.8 cm³/mol. The van der Waals surface area contributed by atoms with Gasteiger partial charge in [0.1, 0.15) is 0 Å². The van der Waals surface area contributed by atoms with Crippen LogP contribution in [0.2, 0.25) is 0 Å². The zero-order chi connectivity index (χ0) is 15.3. The molecule has 4 atom stereocenters. The number of aliphatic hydroxyl groups excluding tert-OH is 1. The Morgan fingerprint density at radius 2 is 1.90 bits per heavy atom. The van der Waals surface area contributed by atoms with E-state index in [9.17, 15) is 5.11 Å². The average molecular weight is 285 g/mol. The van der Waals surface area contributed by atoms with E-state index in [-0.39, 0.29) is 5.54 Å². The zero-order valence-electron chi connectivity index (χ0n) is 14.3. The highest BCUT2D eigenvalue weighted by Crippen LogP contribution is 2.35. The molecular formula is C17H35NO2. The lowest BCUT2D eigenvalue weighted by molar-refractivity contribution is -0.0689. The van der Waals surface area contributed by atoms with Gasteiger partial charge in [-0.25, -0.2) is 0 Å². The van der Waals surface area contributed by atoms with E-state index in [0.29, 0.717) is 31.1 Å². The summed E-state index contributed by atoms with van der Waals surface area (Å²) < 4.78 is 6.06. The van der Waals surface area contributed by atoms with Crippen molar-refractivity contribution < 1.29 is 9.84 Å². The summed E-state index contributed by atoms with van der Waals surface area (Å²) in [6, 6.07) is 0. The first-order valence-electron chi connectivity index (χ1n) is 8.23. The van der Waals surface area contributed by atoms with Gasteiger partial charge in [-0.1, -0.05) is 27.2 Å². The maximum absolute atomic E-state index is 10.0. The van der Waals surface area contributed by atoms with E-state index in [1.807, 2.05) is 0 Å². The maximum Gasteiger partial charge on any atom is 0.0898 e. The van der Waals surface area contributed by atoms with Gasteiger partial charge in [-0.3, -0.25) is 0 Å². The molecule has 0 radical (unpaired) electrons. The van der Waals surface area contributed by atoms with E-state index in [2.05, 4.69) is 46.9 Å². The largest absolute Gasteiger partial charge is 0.389 e. The third-order valence-corrected chi connectivity index (χ3v) is 4.33. The smallest absolute Gasteiger partial charge is 0.0898 e. The highest BCUT2D eigenvalue weighted by Gasteiger charge is 2.31. The normalized spacial score (nSPS) is 29.7. The lowest BCUT2D eigenvalue weighted by Gasteiger charge is -2.37. The molecule has 0 aromatic carbocycles. The molecule has 0 unspecified atom stereocenters. The molecule has 3 nitrogen and oxygen atoms in total. The molecule has 20 heavy (non-hydrogen) atoms. The van der Waals surface area contributed by atoms with E-state index >= 15 is 0 Å². The first-order valence-corrected chi connectivity index (χ1v) is 8.23. The molecule has 3 heteroatoms. The Kier molecular flexibility index (Phi) is 6.96. The molecule has 1 aliphatic carbocycles. The standard InChI is InChI=1S/C17H35NO2/c1-12(2)15-8-7-13(3)9-16(15)20-11-14(19)10-18-17(4,5)6/h12-16,18-19H,7-11H2,1-6H3/t13-,14+,15-,16+/m1/s1. The van der Waals surface area contributed by atoms with Crippen LogP contribution < -0.4 is 5.32 Å². The lowest BCUT2D eigenvalue weighted by Crippen LogP contribution is -2.43. The molecule has 1 saturated carbocycles. The van der Waals surface area contributed by atoms with Crippen molar-refractivity contribution in [2.45, 2.75) is 78.6 Å². The van der Waals surface area contributed by atoms with Crippen LogP contribution in [0.4, 0.5) is 0 Å². The van der Waals surface area contributed by atoms with E-state index in [1.54, 1.807) is 0 Å². The quantitative estimate of drug-likeness (QED) is 0.787. The van der Waals surface area contributed by atoms with Crippen LogP contribution in [0.5, 0.6) is 0 Å². The minimum absolute atomic E-state index is 0.0425. The Bertz CT molecular complexity index is 273. The van der Waals surface area contributed by atoms with Crippen LogP contribution in [-0.2, 0) is 4.74 Å². The molecule has 0 bridgehead atoms. The van der Waals surface area contributed by atoms with Crippen LogP contribution in [0, 0.1) is 17.8 Å². The van der Waals surface area contributed by atoms with Crippen molar-refractivity contribution in [3.05, 3.63) is 0 Å². The van der Waals surface area contributed by atoms with Gasteiger partial charge in [0.25, 0.3) is 0 Å². The molecule has 2 N–H and O–H groups in total. The molecule has 0 aromatic heterocycles. The monoisotopic (exact) mass is 285 g/mol. The second kappa shape index (κ2) is 7.77. The van der Waals surface area contributed by atoms with Crippen LogP contribution in [0.15, 0.2) is 0 Å². The first kappa shape index (κ1) is 17.9. The fourth-order valence-electron chi connectivity index (χ4n) is 3.02. The number of aliphatic hydroxyl groups is 1. The van der Waals surface area contributed by atoms with Gasteiger partial charge in [0, 0.05) is 12.1 Å². The number of nitrogens with one attached hydrogen (secondary N) is 1. The predicted octanol–water partition coefficient (Wildman–Crippen LogP) is 3.21. The van der Waals surface area contributed by atoms with Crippen molar-refractivity contribution in [2.24, 2.45) is 17.8 Å². The second-order valence-electron chi connectivity index (χ2n) is 7.98. The van der Waals surface area contributed by atoms with Crippen molar-refractivity contribution in [1.29, 1.82) is 0 Å². The van der Waals surface area contributed by atoms with Crippen molar-refractivity contribution >= 4 is 0 Å². The molecule has 120 valence electrons. The second-order valence-corrected chi connectivity index (χ2v) is 7.98. The Hall–Kier alpha value is -0.120. The van der Waals surface area contributed by atoms with Crippen molar-refractivity contribution in [2.75, 3.05) is 13.2 Å². The van der Waals surface area contributed by atoms with Crippen LogP contribution in [0.3, 0.4) is 0 Å². The Morgan fingerprint density at radius 3 is 2.45 bits per heavy atom. The van der Waals surface area contributed by atoms with Crippen molar-refractivity contribution in [3.8, 4) is 0 Å². The van der Waals surface area contributed by atoms with Gasteiger partial charge < -0.3 is 15.2 Å². The van der Waals surface area contributed by atoms with Crippen molar-refractivity contribution in [1.82, 2.24) is 5.32 Å². The van der Waals surface area contributed by atoms with E-state index in [1.165, 1.54) is 12.8 Å². The maximum atomic E-state index is 10.0. The number of hydrogen-bond acceptors (Lipinski definition) is 3. The minimum atomic E-state index is -0.417. The molecule has 0 aromatic rings. The third-order valence-electron chi connectivity index (χ3n) is 4.33. The van der Waals surface area contributed by atoms with E-state index < -0.39 is 6.10 Å². The minimum Gasteiger partial charge on any atom is -0.389 e. The molecule has 1 rings (SSSR count). The van der Waals surface area contributed by atoms with Gasteiger partial charge in [0.05, 0.1) is 18.8 Å². The van der Waals surface area contributed by atoms with Gasteiger partial charge in [0.2, 0.25) is 0 Å². The van der Waals surface area contributed by atoms with Crippen LogP contribution in [0.1, 0.15) is 60.8 Å². The summed E-state index contributed by atoms with van der Waals surface area (Å²) in [5, 5.41) is 13.4. The summed E-state index contributed by atoms with van der Waals surface area (Å²) in [5.41, 5.74) is 0.0425. The van der Waals surface area contributed by atoms with Gasteiger partial charge in [-0.05, 0) is 51.4 Å². The van der Waals surface area contributed by atoms with Crippen LogP contribution in [-0.4, -0.2) is 36.0 Å². The number of rotatable bonds is 6. The fraction of sp³-hybridized carbons (Fsp3) is 1.00. The van der Waals surface area contributed by atoms with Crippen LogP contribution in [0.25, 0.3) is 0 Å². The summed E-state index contributed by atoms with van der Waals surface area (Å²) in [6.07, 6.45) is 3.63. The molecule has 0 spiro atoms. The molecule has 0 heterocycles. The van der Waals surface area contributed by atoms with Crippen molar-refractivity contribution in [3.63, 3.8) is 0 Å². The summed E-state index contributed by atoms with van der Waals surface area (Å²) in [7, 11) is 0. The molecule has 0 amide bonds. The van der Waals surface area contributed by atoms with Gasteiger partial charge in [-0.2, -0.15) is 0 Å².